The molecule has 0 atom stereocenters. The Bertz CT molecular complexity index is 786. The van der Waals surface area contributed by atoms with E-state index < -0.39 is 15.9 Å². The highest BCUT2D eigenvalue weighted by Gasteiger charge is 2.21. The molecule has 112 valence electrons. The quantitative estimate of drug-likeness (QED) is 0.906. The Hall–Kier alpha value is -2.12. The largest absolute Gasteiger partial charge is 0.455 e. The highest BCUT2D eigenvalue weighted by atomic mass is 32.2. The summed E-state index contributed by atoms with van der Waals surface area (Å²) in [4.78, 5) is 12.0. The van der Waals surface area contributed by atoms with Crippen LogP contribution in [0.3, 0.4) is 0 Å². The lowest BCUT2D eigenvalue weighted by atomic mass is 10.1. The van der Waals surface area contributed by atoms with Crippen LogP contribution in [0.4, 0.5) is 5.69 Å². The Kier molecular flexibility index (Phi) is 3.89. The maximum atomic E-state index is 12.2. The molecule has 0 spiro atoms. The van der Waals surface area contributed by atoms with E-state index in [1.54, 1.807) is 0 Å². The second-order valence-corrected chi connectivity index (χ2v) is 6.33. The Balaban J connectivity index is 2.34. The topological polar surface area (TPSA) is 102 Å². The van der Waals surface area contributed by atoms with Gasteiger partial charge in [-0.2, -0.15) is 0 Å². The van der Waals surface area contributed by atoms with Gasteiger partial charge in [0.15, 0.2) is 5.76 Å². The van der Waals surface area contributed by atoms with Crippen LogP contribution in [0.15, 0.2) is 33.6 Å². The first-order chi connectivity index (χ1) is 9.70. The van der Waals surface area contributed by atoms with E-state index >= 15 is 0 Å². The molecule has 0 saturated carbocycles. The Labute approximate surface area is 123 Å². The highest BCUT2D eigenvalue weighted by Crippen LogP contribution is 2.23. The summed E-state index contributed by atoms with van der Waals surface area (Å²) in [6.45, 7) is 5.17. The first kappa shape index (κ1) is 15.3. The molecule has 0 bridgehead atoms. The normalized spacial score (nSPS) is 11.4. The summed E-state index contributed by atoms with van der Waals surface area (Å²) >= 11 is 0. The van der Waals surface area contributed by atoms with E-state index in [1.807, 2.05) is 32.0 Å². The number of furan rings is 1. The molecule has 1 aromatic carbocycles. The van der Waals surface area contributed by atoms with Gasteiger partial charge in [0.2, 0.25) is 10.0 Å². The zero-order valence-corrected chi connectivity index (χ0v) is 12.7. The molecule has 21 heavy (non-hydrogen) atoms. The van der Waals surface area contributed by atoms with Crippen LogP contribution < -0.4 is 10.5 Å². The standard InChI is InChI=1S/C14H16N2O4S/c1-8-5-4-6-9(2)13(8)16-14(17)11-7-12(10(3)20-11)21(15,18)19/h4-7H,1-3H3,(H,16,17)(H2,15,18,19). The number of hydrogen-bond acceptors (Lipinski definition) is 4. The predicted molar refractivity (Wildman–Crippen MR) is 78.7 cm³/mol. The predicted octanol–water partition coefficient (Wildman–Crippen LogP) is 2.10. The maximum Gasteiger partial charge on any atom is 0.291 e. The van der Waals surface area contributed by atoms with Crippen LogP contribution in [0.2, 0.25) is 0 Å². The molecule has 0 aliphatic heterocycles. The summed E-state index contributed by atoms with van der Waals surface area (Å²) in [6, 6.07) is 6.75. The number of amides is 1. The van der Waals surface area contributed by atoms with Crippen LogP contribution in [0.1, 0.15) is 27.4 Å². The average Bonchev–Trinajstić information content (AvgIpc) is 2.76. The number of nitrogens with one attached hydrogen (secondary N) is 1. The number of carbonyl (C=O) groups excluding carboxylic acids is 1. The molecule has 2 rings (SSSR count). The van der Waals surface area contributed by atoms with E-state index in [2.05, 4.69) is 5.32 Å². The fraction of sp³-hybridized carbons (Fsp3) is 0.214. The van der Waals surface area contributed by atoms with E-state index in [4.69, 9.17) is 9.56 Å². The molecule has 2 aromatic rings. The summed E-state index contributed by atoms with van der Waals surface area (Å²) in [5, 5.41) is 7.77. The van der Waals surface area contributed by atoms with Crippen molar-refractivity contribution in [2.75, 3.05) is 5.32 Å². The lowest BCUT2D eigenvalue weighted by Gasteiger charge is -2.09. The van der Waals surface area contributed by atoms with Gasteiger partial charge in [-0.15, -0.1) is 0 Å². The molecule has 0 aliphatic carbocycles. The van der Waals surface area contributed by atoms with Crippen molar-refractivity contribution in [2.45, 2.75) is 25.7 Å². The van der Waals surface area contributed by atoms with Gasteiger partial charge in [0.05, 0.1) is 0 Å². The summed E-state index contributed by atoms with van der Waals surface area (Å²) in [5.74, 6) is -0.534. The number of para-hydroxylation sites is 1. The Morgan fingerprint density at radius 3 is 2.24 bits per heavy atom. The van der Waals surface area contributed by atoms with Gasteiger partial charge >= 0.3 is 0 Å². The van der Waals surface area contributed by atoms with Gasteiger partial charge in [-0.25, -0.2) is 13.6 Å². The lowest BCUT2D eigenvalue weighted by molar-refractivity contribution is 0.0995. The molecule has 1 amide bonds. The number of nitrogens with two attached hydrogens (primary N) is 1. The summed E-state index contributed by atoms with van der Waals surface area (Å²) in [6.07, 6.45) is 0. The monoisotopic (exact) mass is 308 g/mol. The molecule has 3 N–H and O–H groups in total. The molecule has 6 nitrogen and oxygen atoms in total. The number of benzene rings is 1. The molecule has 0 fully saturated rings. The second kappa shape index (κ2) is 5.34. The summed E-state index contributed by atoms with van der Waals surface area (Å²) in [5.41, 5.74) is 2.48. The van der Waals surface area contributed by atoms with Crippen LogP contribution in [-0.2, 0) is 10.0 Å². The third-order valence-electron chi connectivity index (χ3n) is 3.12. The number of rotatable bonds is 3. The van der Waals surface area contributed by atoms with Gasteiger partial charge in [-0.1, -0.05) is 18.2 Å². The fourth-order valence-corrected chi connectivity index (χ4v) is 2.76. The van der Waals surface area contributed by atoms with Crippen molar-refractivity contribution in [1.29, 1.82) is 0 Å². The molecule has 0 aliphatic rings. The average molecular weight is 308 g/mol. The third kappa shape index (κ3) is 3.14. The number of primary sulfonamides is 1. The van der Waals surface area contributed by atoms with E-state index in [1.165, 1.54) is 6.92 Å². The van der Waals surface area contributed by atoms with Crippen LogP contribution in [0, 0.1) is 20.8 Å². The minimum absolute atomic E-state index is 0.0872. The number of hydrogen-bond donors (Lipinski definition) is 2. The first-order valence-corrected chi connectivity index (χ1v) is 7.75. The zero-order valence-electron chi connectivity index (χ0n) is 11.9. The van der Waals surface area contributed by atoms with E-state index in [-0.39, 0.29) is 16.4 Å². The molecule has 1 aromatic heterocycles. The van der Waals surface area contributed by atoms with Crippen LogP contribution in [0.5, 0.6) is 0 Å². The van der Waals surface area contributed by atoms with E-state index in [9.17, 15) is 13.2 Å². The van der Waals surface area contributed by atoms with Gasteiger partial charge in [-0.05, 0) is 31.9 Å². The lowest BCUT2D eigenvalue weighted by Crippen LogP contribution is -2.14. The molecule has 0 radical (unpaired) electrons. The molecule has 7 heteroatoms. The van der Waals surface area contributed by atoms with Gasteiger partial charge < -0.3 is 9.73 Å². The van der Waals surface area contributed by atoms with E-state index in [0.717, 1.165) is 17.2 Å². The number of carbonyl (C=O) groups is 1. The van der Waals surface area contributed by atoms with Crippen LogP contribution in [0.25, 0.3) is 0 Å². The molecule has 0 saturated heterocycles. The Morgan fingerprint density at radius 2 is 1.76 bits per heavy atom. The smallest absolute Gasteiger partial charge is 0.291 e. The highest BCUT2D eigenvalue weighted by molar-refractivity contribution is 7.89. The maximum absolute atomic E-state index is 12.2. The molecular weight excluding hydrogens is 292 g/mol. The van der Waals surface area contributed by atoms with E-state index in [0.29, 0.717) is 5.69 Å². The van der Waals surface area contributed by atoms with Crippen molar-refractivity contribution in [3.63, 3.8) is 0 Å². The number of anilines is 1. The van der Waals surface area contributed by atoms with Crippen LogP contribution in [-0.4, -0.2) is 14.3 Å². The number of sulfonamides is 1. The van der Waals surface area contributed by atoms with Crippen molar-refractivity contribution in [1.82, 2.24) is 0 Å². The summed E-state index contributed by atoms with van der Waals surface area (Å²) < 4.78 is 27.9. The second-order valence-electron chi connectivity index (χ2n) is 4.80. The minimum atomic E-state index is -3.91. The van der Waals surface area contributed by atoms with Gasteiger partial charge in [0, 0.05) is 11.8 Å². The van der Waals surface area contributed by atoms with Crippen molar-refractivity contribution >= 4 is 21.6 Å². The van der Waals surface area contributed by atoms with Crippen molar-refractivity contribution in [3.8, 4) is 0 Å². The molecule has 1 heterocycles. The zero-order chi connectivity index (χ0) is 15.8. The number of aryl methyl sites for hydroxylation is 3. The molecule has 0 unspecified atom stereocenters. The fourth-order valence-electron chi connectivity index (χ4n) is 2.05. The summed E-state index contributed by atoms with van der Waals surface area (Å²) in [7, 11) is -3.91. The SMILES string of the molecule is Cc1cccc(C)c1NC(=O)c1cc(S(N)(=O)=O)c(C)o1. The van der Waals surface area contributed by atoms with Gasteiger partial charge in [-0.3, -0.25) is 4.79 Å². The minimum Gasteiger partial charge on any atom is -0.455 e. The third-order valence-corrected chi connectivity index (χ3v) is 4.14. The van der Waals surface area contributed by atoms with Gasteiger partial charge in [0.25, 0.3) is 5.91 Å². The molecular formula is C14H16N2O4S. The first-order valence-electron chi connectivity index (χ1n) is 6.21. The van der Waals surface area contributed by atoms with Crippen molar-refractivity contribution in [2.24, 2.45) is 5.14 Å². The van der Waals surface area contributed by atoms with Crippen molar-refractivity contribution in [3.05, 3.63) is 46.9 Å². The van der Waals surface area contributed by atoms with Crippen molar-refractivity contribution < 1.29 is 17.6 Å². The Morgan fingerprint density at radius 1 is 1.19 bits per heavy atom. The van der Waals surface area contributed by atoms with Gasteiger partial charge in [0.1, 0.15) is 10.7 Å². The van der Waals surface area contributed by atoms with Crippen LogP contribution >= 0.6 is 0 Å².